The quantitative estimate of drug-likeness (QED) is 0.518. The average Bonchev–Trinajstić information content (AvgIpc) is 2.99. The van der Waals surface area contributed by atoms with E-state index < -0.39 is 0 Å². The minimum absolute atomic E-state index is 0.0378. The summed E-state index contributed by atoms with van der Waals surface area (Å²) in [7, 11) is 1.91. The fourth-order valence-electron chi connectivity index (χ4n) is 3.99. The third-order valence-electron chi connectivity index (χ3n) is 5.90. The standard InChI is InChI=1S/C24H28N4O2Se/c1-18-3-7-21(8-4-18)28-23(30)22(25(2)24(28)31)17-19-5-9-20(10-6-19)27-13-11-26(12-14-27)15-16-29/h3-10,17,29H,11-16H2,1-2H3. The van der Waals surface area contributed by atoms with Gasteiger partial charge in [0.2, 0.25) is 0 Å². The summed E-state index contributed by atoms with van der Waals surface area (Å²) in [5.41, 5.74) is 4.84. The van der Waals surface area contributed by atoms with Gasteiger partial charge in [0.25, 0.3) is 0 Å². The topological polar surface area (TPSA) is 50.3 Å². The van der Waals surface area contributed by atoms with Crippen LogP contribution in [-0.4, -0.2) is 87.4 Å². The first kappa shape index (κ1) is 21.8. The first-order chi connectivity index (χ1) is 15.0. The molecule has 4 rings (SSSR count). The molecule has 2 heterocycles. The molecular weight excluding hydrogens is 455 g/mol. The van der Waals surface area contributed by atoms with Crippen LogP contribution in [0, 0.1) is 6.92 Å². The van der Waals surface area contributed by atoms with E-state index >= 15 is 0 Å². The minimum atomic E-state index is -0.0378. The van der Waals surface area contributed by atoms with Crippen molar-refractivity contribution >= 4 is 43.6 Å². The molecule has 2 aromatic carbocycles. The Labute approximate surface area is 191 Å². The Morgan fingerprint density at radius 3 is 2.19 bits per heavy atom. The predicted molar refractivity (Wildman–Crippen MR) is 127 cm³/mol. The summed E-state index contributed by atoms with van der Waals surface area (Å²) in [6, 6.07) is 16.3. The molecule has 7 heteroatoms. The molecule has 2 fully saturated rings. The number of anilines is 2. The molecule has 31 heavy (non-hydrogen) atoms. The van der Waals surface area contributed by atoms with E-state index in [9.17, 15) is 4.79 Å². The molecular formula is C24H28N4O2Se. The van der Waals surface area contributed by atoms with Gasteiger partial charge in [-0.25, -0.2) is 0 Å². The van der Waals surface area contributed by atoms with Crippen LogP contribution in [0.4, 0.5) is 11.4 Å². The summed E-state index contributed by atoms with van der Waals surface area (Å²) >= 11 is 3.04. The second-order valence-electron chi connectivity index (χ2n) is 7.99. The maximum atomic E-state index is 13.2. The van der Waals surface area contributed by atoms with Gasteiger partial charge in [0.15, 0.2) is 0 Å². The first-order valence-corrected chi connectivity index (χ1v) is 11.4. The van der Waals surface area contributed by atoms with Crippen LogP contribution in [0.2, 0.25) is 0 Å². The van der Waals surface area contributed by atoms with Gasteiger partial charge in [-0.15, -0.1) is 0 Å². The molecule has 0 unspecified atom stereocenters. The van der Waals surface area contributed by atoms with Crippen LogP contribution in [0.1, 0.15) is 11.1 Å². The van der Waals surface area contributed by atoms with Gasteiger partial charge in [-0.2, -0.15) is 0 Å². The van der Waals surface area contributed by atoms with E-state index in [0.29, 0.717) is 5.70 Å². The van der Waals surface area contributed by atoms with Crippen molar-refractivity contribution in [3.8, 4) is 0 Å². The molecule has 0 aromatic heterocycles. The molecule has 2 aromatic rings. The van der Waals surface area contributed by atoms with Crippen LogP contribution in [0.15, 0.2) is 54.2 Å². The summed E-state index contributed by atoms with van der Waals surface area (Å²) in [4.78, 5) is 21.4. The first-order valence-electron chi connectivity index (χ1n) is 10.6. The van der Waals surface area contributed by atoms with Gasteiger partial charge >= 0.3 is 173 Å². The number of likely N-dealkylation sites (N-methyl/N-ethyl adjacent to an activating group) is 1. The van der Waals surface area contributed by atoms with E-state index in [1.54, 1.807) is 4.90 Å². The second-order valence-corrected chi connectivity index (χ2v) is 8.76. The number of β-amino-alcohol motifs (C(OH)–C–C–N with tert-alkyl or cyclic N) is 1. The number of aliphatic hydroxyl groups is 1. The maximum absolute atomic E-state index is 13.2. The number of amides is 1. The molecule has 0 atom stereocenters. The van der Waals surface area contributed by atoms with Crippen molar-refractivity contribution in [2.24, 2.45) is 0 Å². The summed E-state index contributed by atoms with van der Waals surface area (Å²) < 4.78 is 0.775. The van der Waals surface area contributed by atoms with Gasteiger partial charge < -0.3 is 5.11 Å². The van der Waals surface area contributed by atoms with E-state index in [-0.39, 0.29) is 12.5 Å². The third kappa shape index (κ3) is 4.60. The van der Waals surface area contributed by atoms with Crippen molar-refractivity contribution in [1.29, 1.82) is 0 Å². The van der Waals surface area contributed by atoms with Gasteiger partial charge in [-0.05, 0) is 0 Å². The Morgan fingerprint density at radius 2 is 1.58 bits per heavy atom. The molecule has 1 N–H and O–H groups in total. The zero-order valence-electron chi connectivity index (χ0n) is 18.0. The van der Waals surface area contributed by atoms with Crippen molar-refractivity contribution < 1.29 is 9.90 Å². The van der Waals surface area contributed by atoms with Crippen LogP contribution < -0.4 is 9.80 Å². The molecule has 162 valence electrons. The number of nitrogens with zero attached hydrogens (tertiary/aromatic N) is 4. The van der Waals surface area contributed by atoms with Gasteiger partial charge in [-0.1, -0.05) is 0 Å². The van der Waals surface area contributed by atoms with Crippen LogP contribution in [0.5, 0.6) is 0 Å². The van der Waals surface area contributed by atoms with E-state index in [4.69, 9.17) is 5.11 Å². The van der Waals surface area contributed by atoms with E-state index in [1.165, 1.54) is 5.69 Å². The molecule has 0 aliphatic carbocycles. The molecule has 2 aliphatic heterocycles. The monoisotopic (exact) mass is 484 g/mol. The number of aliphatic hydroxyl groups excluding tert-OH is 1. The fourth-order valence-corrected chi connectivity index (χ4v) is 4.59. The number of benzene rings is 2. The van der Waals surface area contributed by atoms with Gasteiger partial charge in [-0.3, -0.25) is 0 Å². The Hall–Kier alpha value is -2.44. The Bertz CT molecular complexity index is 980. The zero-order valence-corrected chi connectivity index (χ0v) is 19.7. The number of rotatable bonds is 5. The summed E-state index contributed by atoms with van der Waals surface area (Å²) in [5, 5.41) is 9.10. The molecule has 0 bridgehead atoms. The SMILES string of the molecule is Cc1ccc(N2C(=O)C(=Cc3ccc(N4CCN(CCO)CC4)cc3)N(C)C2=[Se])cc1. The zero-order chi connectivity index (χ0) is 22.0. The number of piperazine rings is 1. The van der Waals surface area contributed by atoms with Crippen LogP contribution in [0.25, 0.3) is 6.08 Å². The van der Waals surface area contributed by atoms with Gasteiger partial charge in [0.05, 0.1) is 6.61 Å². The normalized spacial score (nSPS) is 19.1. The van der Waals surface area contributed by atoms with Crippen molar-refractivity contribution in [1.82, 2.24) is 9.80 Å². The molecule has 0 spiro atoms. The fraction of sp³-hybridized carbons (Fsp3) is 0.333. The third-order valence-corrected chi connectivity index (χ3v) is 6.86. The van der Waals surface area contributed by atoms with E-state index in [1.807, 2.05) is 49.2 Å². The molecule has 2 saturated heterocycles. The van der Waals surface area contributed by atoms with Gasteiger partial charge in [0.1, 0.15) is 0 Å². The predicted octanol–water partition coefficient (Wildman–Crippen LogP) is 1.68. The Balaban J connectivity index is 1.49. The van der Waals surface area contributed by atoms with Crippen molar-refractivity contribution in [2.75, 3.05) is 56.2 Å². The number of aryl methyl sites for hydroxylation is 1. The summed E-state index contributed by atoms with van der Waals surface area (Å²) in [6.07, 6.45) is 1.94. The van der Waals surface area contributed by atoms with Crippen molar-refractivity contribution in [3.63, 3.8) is 0 Å². The number of hydrogen-bond donors (Lipinski definition) is 1. The summed E-state index contributed by atoms with van der Waals surface area (Å²) in [6.45, 7) is 6.84. The molecule has 0 radical (unpaired) electrons. The Morgan fingerprint density at radius 1 is 0.968 bits per heavy atom. The van der Waals surface area contributed by atoms with Crippen LogP contribution in [0.3, 0.4) is 0 Å². The number of hydrogen-bond acceptors (Lipinski definition) is 5. The second kappa shape index (κ2) is 9.37. The number of carbonyl (C=O) groups is 1. The molecule has 0 saturated carbocycles. The molecule has 6 nitrogen and oxygen atoms in total. The summed E-state index contributed by atoms with van der Waals surface area (Å²) in [5.74, 6) is -0.0378. The average molecular weight is 483 g/mol. The van der Waals surface area contributed by atoms with Crippen LogP contribution in [-0.2, 0) is 4.79 Å². The van der Waals surface area contributed by atoms with Gasteiger partial charge in [0, 0.05) is 6.54 Å². The van der Waals surface area contributed by atoms with Crippen molar-refractivity contribution in [3.05, 3.63) is 65.4 Å². The van der Waals surface area contributed by atoms with Crippen molar-refractivity contribution in [2.45, 2.75) is 6.92 Å². The van der Waals surface area contributed by atoms with E-state index in [2.05, 4.69) is 49.6 Å². The number of carbonyl (C=O) groups excluding carboxylic acids is 1. The van der Waals surface area contributed by atoms with E-state index in [0.717, 1.165) is 54.2 Å². The molecule has 1 amide bonds. The molecule has 2 aliphatic rings. The Kier molecular flexibility index (Phi) is 6.58. The van der Waals surface area contributed by atoms with Crippen LogP contribution >= 0.6 is 0 Å².